The predicted octanol–water partition coefficient (Wildman–Crippen LogP) is 3.74. The number of halogens is 2. The molecule has 1 aromatic heterocycles. The zero-order chi connectivity index (χ0) is 15.5. The van der Waals surface area contributed by atoms with E-state index in [0.717, 1.165) is 11.1 Å². The fourth-order valence-electron chi connectivity index (χ4n) is 1.93. The van der Waals surface area contributed by atoms with Crippen LogP contribution in [0.25, 0.3) is 11.4 Å². The lowest BCUT2D eigenvalue weighted by Gasteiger charge is -2.05. The van der Waals surface area contributed by atoms with Gasteiger partial charge in [0.1, 0.15) is 5.82 Å². The van der Waals surface area contributed by atoms with E-state index >= 15 is 0 Å². The molecule has 0 unspecified atom stereocenters. The molecule has 0 bridgehead atoms. The van der Waals surface area contributed by atoms with Crippen molar-refractivity contribution in [1.82, 2.24) is 14.9 Å². The van der Waals surface area contributed by atoms with Crippen molar-refractivity contribution in [3.05, 3.63) is 64.9 Å². The van der Waals surface area contributed by atoms with Crippen molar-refractivity contribution in [2.24, 2.45) is 0 Å². The fraction of sp³-hybridized carbons (Fsp3) is 0.0667. The van der Waals surface area contributed by atoms with Gasteiger partial charge in [-0.05, 0) is 29.8 Å². The Hall–Kier alpha value is -2.05. The fourth-order valence-corrected chi connectivity index (χ4v) is 2.96. The van der Waals surface area contributed by atoms with Crippen LogP contribution in [0, 0.1) is 5.82 Å². The second-order valence-electron chi connectivity index (χ2n) is 4.57. The summed E-state index contributed by atoms with van der Waals surface area (Å²) in [7, 11) is 0. The summed E-state index contributed by atoms with van der Waals surface area (Å²) in [4.78, 5) is 0. The lowest BCUT2D eigenvalue weighted by molar-refractivity contribution is 0.627. The molecule has 3 aromatic rings. The number of nitrogens with zero attached hydrogens (tertiary/aromatic N) is 3. The van der Waals surface area contributed by atoms with E-state index in [1.54, 1.807) is 18.2 Å². The zero-order valence-electron chi connectivity index (χ0n) is 11.4. The monoisotopic (exact) mass is 334 g/mol. The molecule has 2 N–H and O–H groups in total. The van der Waals surface area contributed by atoms with Gasteiger partial charge in [0, 0.05) is 11.3 Å². The van der Waals surface area contributed by atoms with Crippen molar-refractivity contribution in [1.29, 1.82) is 0 Å². The van der Waals surface area contributed by atoms with Gasteiger partial charge in [-0.25, -0.2) is 9.07 Å². The van der Waals surface area contributed by atoms with Crippen LogP contribution in [0.15, 0.2) is 53.7 Å². The Morgan fingerprint density at radius 3 is 2.55 bits per heavy atom. The van der Waals surface area contributed by atoms with Gasteiger partial charge in [0.2, 0.25) is 5.16 Å². The van der Waals surface area contributed by atoms with E-state index in [-0.39, 0.29) is 5.82 Å². The van der Waals surface area contributed by atoms with Gasteiger partial charge in [0.05, 0.1) is 5.02 Å². The van der Waals surface area contributed by atoms with E-state index in [0.29, 0.717) is 21.8 Å². The first-order valence-corrected chi connectivity index (χ1v) is 7.84. The number of nitrogens with two attached hydrogens (primary N) is 1. The van der Waals surface area contributed by atoms with Crippen LogP contribution in [0.2, 0.25) is 5.02 Å². The van der Waals surface area contributed by atoms with Gasteiger partial charge in [-0.15, -0.1) is 10.2 Å². The molecule has 3 rings (SSSR count). The van der Waals surface area contributed by atoms with E-state index in [4.69, 9.17) is 17.4 Å². The van der Waals surface area contributed by atoms with Crippen LogP contribution in [-0.4, -0.2) is 14.9 Å². The number of nitrogen functional groups attached to an aromatic ring is 1. The standard InChI is InChI=1S/C15H12ClFN4S/c16-13-4-2-1-3-12(13)14-19-20-15(21(14)18)22-9-10-5-7-11(17)8-6-10/h1-8H,9,18H2. The summed E-state index contributed by atoms with van der Waals surface area (Å²) in [6.07, 6.45) is 0. The highest BCUT2D eigenvalue weighted by molar-refractivity contribution is 7.98. The highest BCUT2D eigenvalue weighted by Gasteiger charge is 2.14. The largest absolute Gasteiger partial charge is 0.335 e. The molecule has 0 saturated heterocycles. The van der Waals surface area contributed by atoms with Crippen molar-refractivity contribution >= 4 is 23.4 Å². The second kappa shape index (κ2) is 6.37. The van der Waals surface area contributed by atoms with E-state index in [9.17, 15) is 4.39 Å². The molecule has 7 heteroatoms. The minimum atomic E-state index is -0.253. The third kappa shape index (κ3) is 3.08. The third-order valence-corrected chi connectivity index (χ3v) is 4.40. The lowest BCUT2D eigenvalue weighted by Crippen LogP contribution is -2.11. The zero-order valence-corrected chi connectivity index (χ0v) is 13.0. The Bertz CT molecular complexity index is 788. The maximum atomic E-state index is 12.9. The number of hydrogen-bond acceptors (Lipinski definition) is 4. The summed E-state index contributed by atoms with van der Waals surface area (Å²) < 4.78 is 14.3. The van der Waals surface area contributed by atoms with E-state index in [1.165, 1.54) is 28.6 Å². The van der Waals surface area contributed by atoms with Gasteiger partial charge in [-0.1, -0.05) is 47.6 Å². The smallest absolute Gasteiger partial charge is 0.210 e. The number of hydrogen-bond donors (Lipinski definition) is 1. The Labute approximate surface area is 136 Å². The summed E-state index contributed by atoms with van der Waals surface area (Å²) in [6.45, 7) is 0. The summed E-state index contributed by atoms with van der Waals surface area (Å²) in [6, 6.07) is 13.6. The highest BCUT2D eigenvalue weighted by Crippen LogP contribution is 2.28. The van der Waals surface area contributed by atoms with Crippen molar-refractivity contribution in [3.63, 3.8) is 0 Å². The average Bonchev–Trinajstić information content (AvgIpc) is 2.88. The molecule has 112 valence electrons. The Balaban J connectivity index is 1.79. The topological polar surface area (TPSA) is 56.7 Å². The minimum absolute atomic E-state index is 0.253. The first-order chi connectivity index (χ1) is 10.6. The first-order valence-electron chi connectivity index (χ1n) is 6.48. The van der Waals surface area contributed by atoms with Crippen molar-refractivity contribution in [2.45, 2.75) is 10.9 Å². The van der Waals surface area contributed by atoms with Crippen LogP contribution >= 0.6 is 23.4 Å². The highest BCUT2D eigenvalue weighted by atomic mass is 35.5. The molecule has 22 heavy (non-hydrogen) atoms. The van der Waals surface area contributed by atoms with Crippen LogP contribution in [0.1, 0.15) is 5.56 Å². The summed E-state index contributed by atoms with van der Waals surface area (Å²) in [5, 5.41) is 9.32. The maximum absolute atomic E-state index is 12.9. The van der Waals surface area contributed by atoms with Crippen molar-refractivity contribution in [2.75, 3.05) is 5.84 Å². The molecule has 4 nitrogen and oxygen atoms in total. The van der Waals surface area contributed by atoms with Crippen LogP contribution in [0.3, 0.4) is 0 Å². The van der Waals surface area contributed by atoms with Gasteiger partial charge >= 0.3 is 0 Å². The van der Waals surface area contributed by atoms with Crippen LogP contribution in [-0.2, 0) is 5.75 Å². The Kier molecular flexibility index (Phi) is 4.31. The second-order valence-corrected chi connectivity index (χ2v) is 5.92. The van der Waals surface area contributed by atoms with Gasteiger partial charge in [0.15, 0.2) is 5.82 Å². The van der Waals surface area contributed by atoms with Crippen LogP contribution in [0.5, 0.6) is 0 Å². The molecular weight excluding hydrogens is 323 g/mol. The average molecular weight is 335 g/mol. The first kappa shape index (κ1) is 14.9. The minimum Gasteiger partial charge on any atom is -0.335 e. The summed E-state index contributed by atoms with van der Waals surface area (Å²) in [5.74, 6) is 6.92. The Morgan fingerprint density at radius 2 is 1.82 bits per heavy atom. The summed E-state index contributed by atoms with van der Waals surface area (Å²) in [5.41, 5.74) is 1.71. The predicted molar refractivity (Wildman–Crippen MR) is 86.6 cm³/mol. The van der Waals surface area contributed by atoms with Crippen molar-refractivity contribution in [3.8, 4) is 11.4 Å². The maximum Gasteiger partial charge on any atom is 0.210 e. The van der Waals surface area contributed by atoms with Crippen LogP contribution in [0.4, 0.5) is 4.39 Å². The number of aromatic nitrogens is 3. The number of benzene rings is 2. The van der Waals surface area contributed by atoms with Crippen LogP contribution < -0.4 is 5.84 Å². The molecule has 0 aliphatic carbocycles. The normalized spacial score (nSPS) is 10.8. The van der Waals surface area contributed by atoms with Crippen molar-refractivity contribution < 1.29 is 4.39 Å². The Morgan fingerprint density at radius 1 is 1.09 bits per heavy atom. The lowest BCUT2D eigenvalue weighted by atomic mass is 10.2. The molecule has 0 amide bonds. The SMILES string of the molecule is Nn1c(SCc2ccc(F)cc2)nnc1-c1ccccc1Cl. The van der Waals surface area contributed by atoms with E-state index in [1.807, 2.05) is 18.2 Å². The molecule has 0 fully saturated rings. The number of thioether (sulfide) groups is 1. The summed E-state index contributed by atoms with van der Waals surface area (Å²) >= 11 is 7.57. The molecule has 2 aromatic carbocycles. The van der Waals surface area contributed by atoms with Gasteiger partial charge < -0.3 is 5.84 Å². The molecule has 0 spiro atoms. The molecule has 0 atom stereocenters. The molecule has 0 aliphatic rings. The number of rotatable bonds is 4. The molecular formula is C15H12ClFN4S. The quantitative estimate of drug-likeness (QED) is 0.583. The van der Waals surface area contributed by atoms with E-state index < -0.39 is 0 Å². The molecule has 0 saturated carbocycles. The van der Waals surface area contributed by atoms with Gasteiger partial charge in [-0.3, -0.25) is 0 Å². The molecule has 0 aliphatic heterocycles. The third-order valence-electron chi connectivity index (χ3n) is 3.06. The van der Waals surface area contributed by atoms with Gasteiger partial charge in [0.25, 0.3) is 0 Å². The van der Waals surface area contributed by atoms with E-state index in [2.05, 4.69) is 10.2 Å². The molecule has 1 heterocycles. The van der Waals surface area contributed by atoms with Gasteiger partial charge in [-0.2, -0.15) is 0 Å². The molecule has 0 radical (unpaired) electrons.